The number of hydrogen-bond acceptors (Lipinski definition) is 3. The summed E-state index contributed by atoms with van der Waals surface area (Å²) in [5, 5.41) is 0. The Morgan fingerprint density at radius 1 is 1.50 bits per heavy atom. The fourth-order valence-corrected chi connectivity index (χ4v) is 1.82. The average Bonchev–Trinajstić information content (AvgIpc) is 2.27. The lowest BCUT2D eigenvalue weighted by Crippen LogP contribution is -2.34. The van der Waals surface area contributed by atoms with Crippen LogP contribution in [0.15, 0.2) is 24.5 Å². The number of nitrogens with zero attached hydrogens (tertiary/aromatic N) is 2. The highest BCUT2D eigenvalue weighted by atomic mass is 32.1. The van der Waals surface area contributed by atoms with Crippen molar-refractivity contribution in [3.63, 3.8) is 0 Å². The van der Waals surface area contributed by atoms with Gasteiger partial charge in [0.25, 0.3) is 0 Å². The van der Waals surface area contributed by atoms with Crippen molar-refractivity contribution in [3.05, 3.63) is 30.1 Å². The summed E-state index contributed by atoms with van der Waals surface area (Å²) in [5.41, 5.74) is 6.83. The maximum absolute atomic E-state index is 5.57. The first-order valence-electron chi connectivity index (χ1n) is 5.62. The minimum Gasteiger partial charge on any atom is -0.392 e. The normalized spacial score (nSPS) is 10.6. The largest absolute Gasteiger partial charge is 0.392 e. The monoisotopic (exact) mass is 237 g/mol. The van der Waals surface area contributed by atoms with E-state index in [0.29, 0.717) is 11.5 Å². The van der Waals surface area contributed by atoms with Crippen molar-refractivity contribution in [1.29, 1.82) is 0 Å². The predicted octanol–water partition coefficient (Wildman–Crippen LogP) is 1.62. The van der Waals surface area contributed by atoms with Crippen molar-refractivity contribution in [2.75, 3.05) is 19.6 Å². The van der Waals surface area contributed by atoms with Crippen LogP contribution in [0.25, 0.3) is 0 Å². The molecule has 4 heteroatoms. The molecule has 0 unspecified atom stereocenters. The zero-order valence-electron chi connectivity index (χ0n) is 9.72. The lowest BCUT2D eigenvalue weighted by Gasteiger charge is -2.20. The molecular formula is C12H19N3S. The van der Waals surface area contributed by atoms with E-state index in [9.17, 15) is 0 Å². The first-order valence-corrected chi connectivity index (χ1v) is 6.02. The van der Waals surface area contributed by atoms with E-state index in [4.69, 9.17) is 18.0 Å². The van der Waals surface area contributed by atoms with Gasteiger partial charge in [0, 0.05) is 25.5 Å². The van der Waals surface area contributed by atoms with Gasteiger partial charge in [-0.2, -0.15) is 0 Å². The summed E-state index contributed by atoms with van der Waals surface area (Å²) in [5.74, 6) is 0. The van der Waals surface area contributed by atoms with Gasteiger partial charge in [-0.05, 0) is 31.0 Å². The molecule has 0 aromatic carbocycles. The Morgan fingerprint density at radius 3 is 2.88 bits per heavy atom. The first kappa shape index (κ1) is 13.1. The number of pyridine rings is 1. The van der Waals surface area contributed by atoms with Crippen molar-refractivity contribution in [1.82, 2.24) is 9.88 Å². The highest BCUT2D eigenvalue weighted by molar-refractivity contribution is 7.80. The van der Waals surface area contributed by atoms with Gasteiger partial charge in [-0.3, -0.25) is 9.88 Å². The Labute approximate surface area is 103 Å². The molecule has 0 aliphatic rings. The summed E-state index contributed by atoms with van der Waals surface area (Å²) >= 11 is 4.94. The third-order valence-electron chi connectivity index (χ3n) is 2.36. The Kier molecular flexibility index (Phi) is 5.96. The molecule has 0 fully saturated rings. The van der Waals surface area contributed by atoms with Crippen molar-refractivity contribution in [2.45, 2.75) is 19.8 Å². The summed E-state index contributed by atoms with van der Waals surface area (Å²) in [6.07, 6.45) is 5.82. The third kappa shape index (κ3) is 5.19. The predicted molar refractivity (Wildman–Crippen MR) is 71.5 cm³/mol. The van der Waals surface area contributed by atoms with Crippen molar-refractivity contribution in [3.8, 4) is 0 Å². The van der Waals surface area contributed by atoms with Crippen LogP contribution in [0.2, 0.25) is 0 Å². The van der Waals surface area contributed by atoms with Crippen LogP contribution in [0.3, 0.4) is 0 Å². The molecule has 0 aliphatic carbocycles. The Balaban J connectivity index is 2.40. The Bertz CT molecular complexity index is 313. The van der Waals surface area contributed by atoms with Crippen LogP contribution >= 0.6 is 12.2 Å². The summed E-state index contributed by atoms with van der Waals surface area (Å²) in [6, 6.07) is 4.06. The topological polar surface area (TPSA) is 42.2 Å². The molecule has 1 aromatic rings. The molecule has 3 nitrogen and oxygen atoms in total. The molecular weight excluding hydrogens is 218 g/mol. The van der Waals surface area contributed by atoms with E-state index in [0.717, 1.165) is 25.9 Å². The van der Waals surface area contributed by atoms with Gasteiger partial charge >= 0.3 is 0 Å². The first-order chi connectivity index (χ1) is 7.72. The van der Waals surface area contributed by atoms with Gasteiger partial charge in [-0.1, -0.05) is 25.2 Å². The van der Waals surface area contributed by atoms with Crippen molar-refractivity contribution >= 4 is 17.2 Å². The summed E-state index contributed by atoms with van der Waals surface area (Å²) in [6.45, 7) is 4.90. The van der Waals surface area contributed by atoms with Crippen LogP contribution in [0.1, 0.15) is 18.9 Å². The van der Waals surface area contributed by atoms with Crippen LogP contribution in [0, 0.1) is 0 Å². The standard InChI is InChI=1S/C12H19N3S/c1-2-7-15(10-12(13)16)8-5-11-4-3-6-14-9-11/h3-4,6,9H,2,5,7-8,10H2,1H3,(H2,13,16). The number of nitrogens with two attached hydrogens (primary N) is 1. The lowest BCUT2D eigenvalue weighted by atomic mass is 10.2. The molecule has 0 radical (unpaired) electrons. The molecule has 0 spiro atoms. The molecule has 0 saturated heterocycles. The molecule has 1 aromatic heterocycles. The molecule has 1 heterocycles. The molecule has 0 amide bonds. The maximum Gasteiger partial charge on any atom is 0.0870 e. The number of rotatable bonds is 7. The summed E-state index contributed by atoms with van der Waals surface area (Å²) in [4.78, 5) is 6.96. The van der Waals surface area contributed by atoms with Gasteiger partial charge in [0.1, 0.15) is 0 Å². The van der Waals surface area contributed by atoms with Crippen molar-refractivity contribution < 1.29 is 0 Å². The summed E-state index contributed by atoms with van der Waals surface area (Å²) < 4.78 is 0. The van der Waals surface area contributed by atoms with Crippen LogP contribution in [0.5, 0.6) is 0 Å². The molecule has 1 rings (SSSR count). The zero-order chi connectivity index (χ0) is 11.8. The van der Waals surface area contributed by atoms with Crippen LogP contribution in [-0.2, 0) is 6.42 Å². The van der Waals surface area contributed by atoms with E-state index < -0.39 is 0 Å². The SMILES string of the molecule is CCCN(CCc1cccnc1)CC(N)=S. The Hall–Kier alpha value is -1.00. The lowest BCUT2D eigenvalue weighted by molar-refractivity contribution is 0.316. The minimum atomic E-state index is 0.569. The number of hydrogen-bond donors (Lipinski definition) is 1. The van der Waals surface area contributed by atoms with E-state index in [2.05, 4.69) is 22.9 Å². The molecule has 0 bridgehead atoms. The average molecular weight is 237 g/mol. The second kappa shape index (κ2) is 7.30. The van der Waals surface area contributed by atoms with E-state index >= 15 is 0 Å². The van der Waals surface area contributed by atoms with Crippen LogP contribution in [-0.4, -0.2) is 34.5 Å². The highest BCUT2D eigenvalue weighted by Crippen LogP contribution is 2.00. The maximum atomic E-state index is 5.57. The zero-order valence-corrected chi connectivity index (χ0v) is 10.5. The highest BCUT2D eigenvalue weighted by Gasteiger charge is 2.05. The van der Waals surface area contributed by atoms with Gasteiger partial charge in [-0.25, -0.2) is 0 Å². The van der Waals surface area contributed by atoms with Gasteiger partial charge in [0.05, 0.1) is 4.99 Å². The Morgan fingerprint density at radius 2 is 2.31 bits per heavy atom. The van der Waals surface area contributed by atoms with E-state index in [-0.39, 0.29) is 0 Å². The molecule has 16 heavy (non-hydrogen) atoms. The second-order valence-electron chi connectivity index (χ2n) is 3.85. The van der Waals surface area contributed by atoms with Gasteiger partial charge < -0.3 is 5.73 Å². The fraction of sp³-hybridized carbons (Fsp3) is 0.500. The molecule has 0 atom stereocenters. The van der Waals surface area contributed by atoms with Gasteiger partial charge in [0.15, 0.2) is 0 Å². The number of aromatic nitrogens is 1. The quantitative estimate of drug-likeness (QED) is 0.732. The molecule has 0 aliphatic heterocycles. The smallest absolute Gasteiger partial charge is 0.0870 e. The van der Waals surface area contributed by atoms with Crippen LogP contribution < -0.4 is 5.73 Å². The molecule has 2 N–H and O–H groups in total. The second-order valence-corrected chi connectivity index (χ2v) is 4.38. The van der Waals surface area contributed by atoms with Gasteiger partial charge in [-0.15, -0.1) is 0 Å². The van der Waals surface area contributed by atoms with Crippen molar-refractivity contribution in [2.24, 2.45) is 5.73 Å². The van der Waals surface area contributed by atoms with Crippen LogP contribution in [0.4, 0.5) is 0 Å². The van der Waals surface area contributed by atoms with Gasteiger partial charge in [0.2, 0.25) is 0 Å². The van der Waals surface area contributed by atoms with E-state index in [1.165, 1.54) is 5.56 Å². The molecule has 88 valence electrons. The molecule has 0 saturated carbocycles. The number of thiocarbonyl (C=S) groups is 1. The summed E-state index contributed by atoms with van der Waals surface area (Å²) in [7, 11) is 0. The third-order valence-corrected chi connectivity index (χ3v) is 2.49. The minimum absolute atomic E-state index is 0.569. The van der Waals surface area contributed by atoms with E-state index in [1.807, 2.05) is 12.3 Å². The fourth-order valence-electron chi connectivity index (χ4n) is 1.64. The van der Waals surface area contributed by atoms with E-state index in [1.54, 1.807) is 6.20 Å².